The Hall–Kier alpha value is -2.34. The summed E-state index contributed by atoms with van der Waals surface area (Å²) >= 11 is 3.42. The van der Waals surface area contributed by atoms with Crippen molar-refractivity contribution in [3.63, 3.8) is 0 Å². The first kappa shape index (κ1) is 18.5. The molecule has 1 atom stereocenters. The highest BCUT2D eigenvalue weighted by atomic mass is 79.9. The van der Waals surface area contributed by atoms with Gasteiger partial charge < -0.3 is 16.4 Å². The molecule has 1 fully saturated rings. The number of primary amides is 1. The molecule has 0 unspecified atom stereocenters. The number of carbonyl (C=O) groups excluding carboxylic acids is 2. The van der Waals surface area contributed by atoms with Gasteiger partial charge in [-0.05, 0) is 42.5 Å². The van der Waals surface area contributed by atoms with Crippen LogP contribution in [0.25, 0.3) is 0 Å². The molecule has 0 saturated heterocycles. The molecule has 0 bridgehead atoms. The zero-order chi connectivity index (χ0) is 18.6. The minimum Gasteiger partial charge on any atom is -0.352 e. The first-order chi connectivity index (χ1) is 12.5. The van der Waals surface area contributed by atoms with Crippen LogP contribution in [0.15, 0.2) is 59.1 Å². The van der Waals surface area contributed by atoms with E-state index in [1.807, 2.05) is 54.6 Å². The van der Waals surface area contributed by atoms with Crippen LogP contribution in [-0.4, -0.2) is 11.9 Å². The lowest BCUT2D eigenvalue weighted by Gasteiger charge is -2.43. The number of rotatable bonds is 6. The molecule has 4 N–H and O–H groups in total. The summed E-state index contributed by atoms with van der Waals surface area (Å²) in [5.41, 5.74) is 6.96. The number of nitrogens with two attached hydrogens (primary N) is 1. The van der Waals surface area contributed by atoms with Crippen molar-refractivity contribution in [1.29, 1.82) is 0 Å². The number of hydrogen-bond donors (Lipinski definition) is 3. The molecule has 0 radical (unpaired) electrons. The van der Waals surface area contributed by atoms with Crippen molar-refractivity contribution in [2.45, 2.75) is 37.3 Å². The lowest BCUT2D eigenvalue weighted by molar-refractivity contribution is -0.124. The van der Waals surface area contributed by atoms with Crippen molar-refractivity contribution in [2.75, 3.05) is 0 Å². The zero-order valence-corrected chi connectivity index (χ0v) is 16.0. The highest BCUT2D eigenvalue weighted by Gasteiger charge is 2.40. The van der Waals surface area contributed by atoms with E-state index in [0.29, 0.717) is 0 Å². The Labute approximate surface area is 161 Å². The number of carbonyl (C=O) groups is 2. The third-order valence-electron chi connectivity index (χ3n) is 4.87. The van der Waals surface area contributed by atoms with Gasteiger partial charge in [0, 0.05) is 4.47 Å². The van der Waals surface area contributed by atoms with E-state index in [4.69, 9.17) is 5.73 Å². The van der Waals surface area contributed by atoms with Crippen LogP contribution >= 0.6 is 15.9 Å². The van der Waals surface area contributed by atoms with E-state index in [0.717, 1.165) is 34.9 Å². The van der Waals surface area contributed by atoms with Crippen molar-refractivity contribution in [1.82, 2.24) is 10.6 Å². The van der Waals surface area contributed by atoms with Crippen molar-refractivity contribution < 1.29 is 9.59 Å². The minimum atomic E-state index is -0.649. The Kier molecular flexibility index (Phi) is 5.61. The van der Waals surface area contributed by atoms with Crippen LogP contribution in [0.5, 0.6) is 0 Å². The summed E-state index contributed by atoms with van der Waals surface area (Å²) in [5, 5.41) is 5.86. The summed E-state index contributed by atoms with van der Waals surface area (Å²) in [7, 11) is 0. The van der Waals surface area contributed by atoms with E-state index in [-0.39, 0.29) is 17.9 Å². The lowest BCUT2D eigenvalue weighted by Crippen LogP contribution is -2.51. The fourth-order valence-electron chi connectivity index (χ4n) is 3.42. The van der Waals surface area contributed by atoms with Gasteiger partial charge in [-0.1, -0.05) is 58.4 Å². The zero-order valence-electron chi connectivity index (χ0n) is 14.4. The topological polar surface area (TPSA) is 84.2 Å². The second-order valence-corrected chi connectivity index (χ2v) is 7.59. The van der Waals surface area contributed by atoms with Gasteiger partial charge in [-0.15, -0.1) is 0 Å². The van der Waals surface area contributed by atoms with Crippen molar-refractivity contribution in [3.05, 3.63) is 70.2 Å². The molecule has 0 aromatic heterocycles. The second-order valence-electron chi connectivity index (χ2n) is 6.67. The number of urea groups is 1. The Balaban J connectivity index is 1.74. The molecule has 1 aliphatic carbocycles. The van der Waals surface area contributed by atoms with Gasteiger partial charge in [0.1, 0.15) is 0 Å². The third-order valence-corrected chi connectivity index (χ3v) is 5.36. The first-order valence-electron chi connectivity index (χ1n) is 8.66. The summed E-state index contributed by atoms with van der Waals surface area (Å²) in [4.78, 5) is 24.2. The Morgan fingerprint density at radius 3 is 2.42 bits per heavy atom. The number of benzene rings is 2. The molecule has 6 heteroatoms. The smallest absolute Gasteiger partial charge is 0.312 e. The molecule has 26 heavy (non-hydrogen) atoms. The number of halogens is 1. The van der Waals surface area contributed by atoms with Crippen molar-refractivity contribution in [3.8, 4) is 0 Å². The molecular weight excluding hydrogens is 394 g/mol. The van der Waals surface area contributed by atoms with Gasteiger partial charge in [-0.25, -0.2) is 4.79 Å². The van der Waals surface area contributed by atoms with Crippen LogP contribution in [-0.2, 0) is 10.3 Å². The molecule has 3 amide bonds. The summed E-state index contributed by atoms with van der Waals surface area (Å²) < 4.78 is 0.881. The molecular formula is C20H22BrN3O2. The third kappa shape index (κ3) is 4.25. The normalized spacial score (nSPS) is 16.2. The standard InChI is InChI=1S/C20H22BrN3O2/c21-16-9-4-6-14(12-16)17(23-19(22)26)13-18(25)24-20(10-5-11-20)15-7-2-1-3-8-15/h1-4,6-9,12,17H,5,10-11,13H2,(H,24,25)(H3,22,23,26)/t17-/m0/s1. The largest absolute Gasteiger partial charge is 0.352 e. The summed E-state index contributed by atoms with van der Waals surface area (Å²) in [6.45, 7) is 0. The molecule has 3 rings (SSSR count). The maximum atomic E-state index is 12.8. The van der Waals surface area contributed by atoms with E-state index < -0.39 is 12.1 Å². The van der Waals surface area contributed by atoms with Gasteiger partial charge in [-0.3, -0.25) is 4.79 Å². The molecule has 0 heterocycles. The number of hydrogen-bond acceptors (Lipinski definition) is 2. The van der Waals surface area contributed by atoms with Gasteiger partial charge in [0.2, 0.25) is 5.91 Å². The Morgan fingerprint density at radius 2 is 1.85 bits per heavy atom. The monoisotopic (exact) mass is 415 g/mol. The molecule has 2 aromatic rings. The van der Waals surface area contributed by atoms with Crippen LogP contribution in [0.4, 0.5) is 4.79 Å². The Bertz CT molecular complexity index is 791. The highest BCUT2D eigenvalue weighted by Crippen LogP contribution is 2.41. The quantitative estimate of drug-likeness (QED) is 0.670. The maximum absolute atomic E-state index is 12.8. The predicted molar refractivity (Wildman–Crippen MR) is 104 cm³/mol. The fraction of sp³-hybridized carbons (Fsp3) is 0.300. The fourth-order valence-corrected chi connectivity index (χ4v) is 3.84. The molecule has 0 spiro atoms. The van der Waals surface area contributed by atoms with E-state index in [1.165, 1.54) is 0 Å². The van der Waals surface area contributed by atoms with Gasteiger partial charge in [0.05, 0.1) is 18.0 Å². The van der Waals surface area contributed by atoms with Crippen LogP contribution in [0.1, 0.15) is 42.9 Å². The van der Waals surface area contributed by atoms with Gasteiger partial charge >= 0.3 is 6.03 Å². The van der Waals surface area contributed by atoms with E-state index in [1.54, 1.807) is 0 Å². The maximum Gasteiger partial charge on any atom is 0.312 e. The summed E-state index contributed by atoms with van der Waals surface area (Å²) in [6.07, 6.45) is 3.07. The summed E-state index contributed by atoms with van der Waals surface area (Å²) in [6, 6.07) is 16.4. The van der Waals surface area contributed by atoms with Crippen molar-refractivity contribution in [2.24, 2.45) is 5.73 Å². The molecule has 1 saturated carbocycles. The first-order valence-corrected chi connectivity index (χ1v) is 9.46. The summed E-state index contributed by atoms with van der Waals surface area (Å²) in [5.74, 6) is -0.104. The molecule has 0 aliphatic heterocycles. The average molecular weight is 416 g/mol. The van der Waals surface area contributed by atoms with Gasteiger partial charge in [-0.2, -0.15) is 0 Å². The molecule has 136 valence electrons. The molecule has 5 nitrogen and oxygen atoms in total. The van der Waals surface area contributed by atoms with Crippen LogP contribution < -0.4 is 16.4 Å². The van der Waals surface area contributed by atoms with Crippen molar-refractivity contribution >= 4 is 27.9 Å². The van der Waals surface area contributed by atoms with Crippen LogP contribution in [0.3, 0.4) is 0 Å². The van der Waals surface area contributed by atoms with E-state index in [2.05, 4.69) is 26.6 Å². The molecule has 2 aromatic carbocycles. The predicted octanol–water partition coefficient (Wildman–Crippen LogP) is 3.74. The van der Waals surface area contributed by atoms with E-state index in [9.17, 15) is 9.59 Å². The lowest BCUT2D eigenvalue weighted by atomic mass is 9.71. The SMILES string of the molecule is NC(=O)N[C@@H](CC(=O)NC1(c2ccccc2)CCC1)c1cccc(Br)c1. The number of nitrogens with one attached hydrogen (secondary N) is 2. The van der Waals surface area contributed by atoms with Crippen LogP contribution in [0.2, 0.25) is 0 Å². The number of amides is 3. The molecule has 1 aliphatic rings. The highest BCUT2D eigenvalue weighted by molar-refractivity contribution is 9.10. The second kappa shape index (κ2) is 7.91. The van der Waals surface area contributed by atoms with Crippen LogP contribution in [0, 0.1) is 0 Å². The minimum absolute atomic E-state index is 0.104. The van der Waals surface area contributed by atoms with Gasteiger partial charge in [0.25, 0.3) is 0 Å². The van der Waals surface area contributed by atoms with E-state index >= 15 is 0 Å². The van der Waals surface area contributed by atoms with Gasteiger partial charge in [0.15, 0.2) is 0 Å². The Morgan fingerprint density at radius 1 is 1.12 bits per heavy atom. The average Bonchev–Trinajstić information content (AvgIpc) is 2.58.